The standard InChI is InChI=1S/C22H23NO8S/c1-14-5-11-17(12-6-14)32(27,28)23-19(24)13-18(15-7-9-16(29-2)10-8-15)22(23,20(25)30-3)21(26)31-4/h5-12,18H,13H2,1-4H3/t18-/m1/s1. The Morgan fingerprint density at radius 3 is 1.94 bits per heavy atom. The molecule has 9 nitrogen and oxygen atoms in total. The van der Waals surface area contributed by atoms with Crippen molar-refractivity contribution < 1.29 is 37.0 Å². The van der Waals surface area contributed by atoms with Crippen LogP contribution in [-0.4, -0.2) is 57.4 Å². The highest BCUT2D eigenvalue weighted by Gasteiger charge is 2.69. The number of amides is 1. The number of nitrogens with zero attached hydrogens (tertiary/aromatic N) is 1. The van der Waals surface area contributed by atoms with E-state index in [9.17, 15) is 22.8 Å². The van der Waals surface area contributed by atoms with Gasteiger partial charge in [-0.2, -0.15) is 0 Å². The average molecular weight is 461 g/mol. The minimum absolute atomic E-state index is 0.246. The van der Waals surface area contributed by atoms with E-state index in [1.54, 1.807) is 43.3 Å². The Kier molecular flexibility index (Phi) is 6.27. The minimum Gasteiger partial charge on any atom is -0.497 e. The number of hydrogen-bond acceptors (Lipinski definition) is 8. The molecular formula is C22H23NO8S. The van der Waals surface area contributed by atoms with E-state index >= 15 is 0 Å². The summed E-state index contributed by atoms with van der Waals surface area (Å²) in [4.78, 5) is 39.1. The average Bonchev–Trinajstić information content (AvgIpc) is 3.12. The van der Waals surface area contributed by atoms with Gasteiger partial charge in [0.1, 0.15) is 5.75 Å². The van der Waals surface area contributed by atoms with Gasteiger partial charge in [0.2, 0.25) is 5.91 Å². The number of carbonyl (C=O) groups excluding carboxylic acids is 3. The SMILES string of the molecule is COC(=O)C1(C(=O)OC)[C@@H](c2ccc(OC)cc2)CC(=O)N1S(=O)(=O)c1ccc(C)cc1. The summed E-state index contributed by atoms with van der Waals surface area (Å²) in [5, 5.41) is 0. The lowest BCUT2D eigenvalue weighted by Crippen LogP contribution is -2.62. The van der Waals surface area contributed by atoms with Crippen LogP contribution in [0.1, 0.15) is 23.5 Å². The smallest absolute Gasteiger partial charge is 0.345 e. The zero-order valence-corrected chi connectivity index (χ0v) is 18.8. The van der Waals surface area contributed by atoms with Gasteiger partial charge in [0.25, 0.3) is 15.6 Å². The summed E-state index contributed by atoms with van der Waals surface area (Å²) in [6, 6.07) is 12.0. The lowest BCUT2D eigenvalue weighted by Gasteiger charge is -2.36. The zero-order chi connectivity index (χ0) is 23.7. The van der Waals surface area contributed by atoms with Gasteiger partial charge in [-0.3, -0.25) is 4.79 Å². The van der Waals surface area contributed by atoms with E-state index in [-0.39, 0.29) is 4.90 Å². The Labute approximate surface area is 185 Å². The molecule has 0 radical (unpaired) electrons. The Morgan fingerprint density at radius 1 is 0.938 bits per heavy atom. The molecule has 0 spiro atoms. The predicted octanol–water partition coefficient (Wildman–Crippen LogP) is 1.79. The van der Waals surface area contributed by atoms with Crippen LogP contribution in [0, 0.1) is 6.92 Å². The number of ether oxygens (including phenoxy) is 3. The quantitative estimate of drug-likeness (QED) is 0.472. The normalized spacial score (nSPS) is 17.7. The maximum Gasteiger partial charge on any atom is 0.345 e. The predicted molar refractivity (Wildman–Crippen MR) is 112 cm³/mol. The second-order valence-electron chi connectivity index (χ2n) is 7.26. The maximum atomic E-state index is 13.6. The van der Waals surface area contributed by atoms with Gasteiger partial charge < -0.3 is 14.2 Å². The molecule has 0 aliphatic carbocycles. The molecule has 2 aromatic carbocycles. The van der Waals surface area contributed by atoms with Crippen LogP contribution in [-0.2, 0) is 33.9 Å². The van der Waals surface area contributed by atoms with Crippen molar-refractivity contribution in [2.24, 2.45) is 0 Å². The fraction of sp³-hybridized carbons (Fsp3) is 0.318. The molecule has 1 fully saturated rings. The lowest BCUT2D eigenvalue weighted by atomic mass is 9.80. The second kappa shape index (κ2) is 8.62. The molecule has 0 N–H and O–H groups in total. The number of hydrogen-bond donors (Lipinski definition) is 0. The Balaban J connectivity index is 2.29. The van der Waals surface area contributed by atoms with E-state index in [0.29, 0.717) is 15.6 Å². The highest BCUT2D eigenvalue weighted by molar-refractivity contribution is 7.89. The molecule has 0 saturated carbocycles. The molecule has 0 bridgehead atoms. The summed E-state index contributed by atoms with van der Waals surface area (Å²) in [6.45, 7) is 1.77. The van der Waals surface area contributed by atoms with E-state index < -0.39 is 45.7 Å². The second-order valence-corrected chi connectivity index (χ2v) is 9.04. The first kappa shape index (κ1) is 23.3. The molecule has 170 valence electrons. The lowest BCUT2D eigenvalue weighted by molar-refractivity contribution is -0.169. The maximum absolute atomic E-state index is 13.6. The molecule has 32 heavy (non-hydrogen) atoms. The summed E-state index contributed by atoms with van der Waals surface area (Å²) in [5.41, 5.74) is -1.41. The van der Waals surface area contributed by atoms with Crippen LogP contribution in [0.15, 0.2) is 53.4 Å². The molecule has 1 atom stereocenters. The molecule has 1 aliphatic rings. The van der Waals surface area contributed by atoms with Gasteiger partial charge in [0.15, 0.2) is 0 Å². The number of carbonyl (C=O) groups is 3. The monoisotopic (exact) mass is 461 g/mol. The highest BCUT2D eigenvalue weighted by atomic mass is 32.2. The third kappa shape index (κ3) is 3.50. The van der Waals surface area contributed by atoms with Crippen LogP contribution in [0.5, 0.6) is 5.75 Å². The third-order valence-corrected chi connectivity index (χ3v) is 7.34. The van der Waals surface area contributed by atoms with E-state index in [0.717, 1.165) is 19.8 Å². The van der Waals surface area contributed by atoms with Gasteiger partial charge in [-0.25, -0.2) is 22.3 Å². The van der Waals surface area contributed by atoms with Crippen molar-refractivity contribution in [2.45, 2.75) is 29.7 Å². The Morgan fingerprint density at radius 2 is 1.47 bits per heavy atom. The first-order valence-electron chi connectivity index (χ1n) is 9.60. The van der Waals surface area contributed by atoms with Crippen molar-refractivity contribution in [1.82, 2.24) is 4.31 Å². The van der Waals surface area contributed by atoms with Crippen LogP contribution in [0.3, 0.4) is 0 Å². The Bertz CT molecular complexity index is 1120. The largest absolute Gasteiger partial charge is 0.497 e. The Hall–Kier alpha value is -3.40. The van der Waals surface area contributed by atoms with E-state index in [4.69, 9.17) is 14.2 Å². The van der Waals surface area contributed by atoms with Gasteiger partial charge in [-0.1, -0.05) is 29.8 Å². The molecule has 1 amide bonds. The van der Waals surface area contributed by atoms with Crippen LogP contribution >= 0.6 is 0 Å². The van der Waals surface area contributed by atoms with Crippen LogP contribution in [0.25, 0.3) is 0 Å². The molecule has 3 rings (SSSR count). The van der Waals surface area contributed by atoms with Crippen molar-refractivity contribution in [3.63, 3.8) is 0 Å². The van der Waals surface area contributed by atoms with E-state index in [1.165, 1.54) is 19.2 Å². The number of esters is 2. The molecule has 1 heterocycles. The zero-order valence-electron chi connectivity index (χ0n) is 18.0. The van der Waals surface area contributed by atoms with Gasteiger partial charge >= 0.3 is 11.9 Å². The van der Waals surface area contributed by atoms with E-state index in [2.05, 4.69) is 0 Å². The molecule has 2 aromatic rings. The van der Waals surface area contributed by atoms with Crippen molar-refractivity contribution in [2.75, 3.05) is 21.3 Å². The van der Waals surface area contributed by atoms with E-state index in [1.807, 2.05) is 0 Å². The summed E-state index contributed by atoms with van der Waals surface area (Å²) in [5.74, 6) is -4.04. The fourth-order valence-corrected chi connectivity index (χ4v) is 5.61. The first-order valence-corrected chi connectivity index (χ1v) is 11.0. The first-order chi connectivity index (χ1) is 15.1. The van der Waals surface area contributed by atoms with Gasteiger partial charge in [-0.15, -0.1) is 0 Å². The summed E-state index contributed by atoms with van der Waals surface area (Å²) in [6.07, 6.45) is -0.429. The molecule has 0 aromatic heterocycles. The topological polar surface area (TPSA) is 116 Å². The molecular weight excluding hydrogens is 438 g/mol. The molecule has 1 aliphatic heterocycles. The summed E-state index contributed by atoms with van der Waals surface area (Å²) in [7, 11) is -1.13. The molecule has 0 unspecified atom stereocenters. The van der Waals surface area contributed by atoms with Crippen molar-refractivity contribution in [1.29, 1.82) is 0 Å². The van der Waals surface area contributed by atoms with Crippen LogP contribution < -0.4 is 4.74 Å². The summed E-state index contributed by atoms with van der Waals surface area (Å²) < 4.78 is 42.3. The van der Waals surface area contributed by atoms with Gasteiger partial charge in [-0.05, 0) is 36.8 Å². The minimum atomic E-state index is -4.62. The van der Waals surface area contributed by atoms with Crippen molar-refractivity contribution >= 4 is 27.9 Å². The summed E-state index contributed by atoms with van der Waals surface area (Å²) >= 11 is 0. The fourth-order valence-electron chi connectivity index (χ4n) is 3.92. The van der Waals surface area contributed by atoms with Gasteiger partial charge in [0, 0.05) is 12.3 Å². The highest BCUT2D eigenvalue weighted by Crippen LogP contribution is 2.47. The molecule has 10 heteroatoms. The third-order valence-electron chi connectivity index (χ3n) is 5.50. The number of rotatable bonds is 6. The van der Waals surface area contributed by atoms with Crippen LogP contribution in [0.4, 0.5) is 0 Å². The van der Waals surface area contributed by atoms with Crippen LogP contribution in [0.2, 0.25) is 0 Å². The van der Waals surface area contributed by atoms with Crippen molar-refractivity contribution in [3.05, 3.63) is 59.7 Å². The number of benzene rings is 2. The molecule has 1 saturated heterocycles. The van der Waals surface area contributed by atoms with Gasteiger partial charge in [0.05, 0.1) is 26.2 Å². The number of sulfonamides is 1. The number of methoxy groups -OCH3 is 3. The van der Waals surface area contributed by atoms with Crippen molar-refractivity contribution in [3.8, 4) is 5.75 Å². The number of aryl methyl sites for hydroxylation is 1.